The fourth-order valence-corrected chi connectivity index (χ4v) is 2.92. The number of carbonyl (C=O) groups is 1. The van der Waals surface area contributed by atoms with Crippen LogP contribution in [0.15, 0.2) is 11.5 Å². The predicted octanol–water partition coefficient (Wildman–Crippen LogP) is 3.82. The van der Waals surface area contributed by atoms with Crippen LogP contribution in [-0.2, 0) is 14.0 Å². The molecule has 0 aromatic rings. The number of nitrogens with zero attached hydrogens (tertiary/aromatic N) is 1. The molecule has 0 N–H and O–H groups in total. The summed E-state index contributed by atoms with van der Waals surface area (Å²) < 4.78 is 17.6. The molecule has 0 spiro atoms. The van der Waals surface area contributed by atoms with Gasteiger partial charge in [-0.15, -0.1) is 0 Å². The van der Waals surface area contributed by atoms with Gasteiger partial charge in [0.2, 0.25) is 0 Å². The molecule has 1 unspecified atom stereocenters. The lowest BCUT2D eigenvalue weighted by molar-refractivity contribution is 0.00578. The van der Waals surface area contributed by atoms with Crippen LogP contribution in [0.25, 0.3) is 0 Å². The minimum atomic E-state index is -0.459. The highest BCUT2D eigenvalue weighted by molar-refractivity contribution is 6.51. The van der Waals surface area contributed by atoms with E-state index >= 15 is 0 Å². The SMILES string of the molecule is CC1CN(C(=O)OC(C)(C)C)CC/C1=C\B1OC(C)(C)C(C)(C)O1. The fourth-order valence-electron chi connectivity index (χ4n) is 2.92. The Balaban J connectivity index is 1.98. The quantitative estimate of drug-likeness (QED) is 0.683. The van der Waals surface area contributed by atoms with E-state index in [0.29, 0.717) is 13.1 Å². The second-order valence-corrected chi connectivity index (χ2v) is 8.94. The van der Waals surface area contributed by atoms with E-state index < -0.39 is 5.60 Å². The highest BCUT2D eigenvalue weighted by atomic mass is 16.7. The van der Waals surface area contributed by atoms with Crippen molar-refractivity contribution in [3.8, 4) is 0 Å². The first-order valence-electron chi connectivity index (χ1n) is 8.85. The first-order chi connectivity index (χ1) is 10.8. The third-order valence-corrected chi connectivity index (χ3v) is 5.07. The van der Waals surface area contributed by atoms with Crippen molar-refractivity contribution in [2.24, 2.45) is 5.92 Å². The maximum Gasteiger partial charge on any atom is 0.487 e. The number of hydrogen-bond acceptors (Lipinski definition) is 4. The maximum atomic E-state index is 12.2. The van der Waals surface area contributed by atoms with Crippen molar-refractivity contribution in [2.45, 2.75) is 78.6 Å². The molecule has 6 heteroatoms. The van der Waals surface area contributed by atoms with Crippen LogP contribution in [0.1, 0.15) is 61.8 Å². The summed E-state index contributed by atoms with van der Waals surface area (Å²) in [5.74, 6) is 2.36. The molecule has 2 aliphatic rings. The van der Waals surface area contributed by atoms with Crippen molar-refractivity contribution in [1.29, 1.82) is 0 Å². The van der Waals surface area contributed by atoms with E-state index in [-0.39, 0.29) is 30.3 Å². The molecule has 2 heterocycles. The van der Waals surface area contributed by atoms with Crippen molar-refractivity contribution in [2.75, 3.05) is 13.1 Å². The van der Waals surface area contributed by atoms with Crippen molar-refractivity contribution >= 4 is 13.2 Å². The minimum absolute atomic E-state index is 0.232. The van der Waals surface area contributed by atoms with Gasteiger partial charge in [-0.05, 0) is 60.8 Å². The highest BCUT2D eigenvalue weighted by Gasteiger charge is 2.50. The van der Waals surface area contributed by atoms with Crippen LogP contribution in [0.4, 0.5) is 4.79 Å². The van der Waals surface area contributed by atoms with Gasteiger partial charge in [0.25, 0.3) is 0 Å². The lowest BCUT2D eigenvalue weighted by Crippen LogP contribution is -2.43. The Morgan fingerprint density at radius 1 is 1.25 bits per heavy atom. The third-order valence-electron chi connectivity index (χ3n) is 5.07. The molecule has 136 valence electrons. The Morgan fingerprint density at radius 2 is 1.79 bits per heavy atom. The van der Waals surface area contributed by atoms with Gasteiger partial charge in [-0.1, -0.05) is 18.5 Å². The van der Waals surface area contributed by atoms with Gasteiger partial charge in [-0.2, -0.15) is 0 Å². The van der Waals surface area contributed by atoms with E-state index in [2.05, 4.69) is 40.6 Å². The average Bonchev–Trinajstić information content (AvgIpc) is 2.57. The van der Waals surface area contributed by atoms with Crippen molar-refractivity contribution < 1.29 is 18.8 Å². The summed E-state index contributed by atoms with van der Waals surface area (Å²) in [6.45, 7) is 17.4. The van der Waals surface area contributed by atoms with Crippen LogP contribution in [0.5, 0.6) is 0 Å². The Labute approximate surface area is 146 Å². The normalized spacial score (nSPS) is 28.3. The Kier molecular flexibility index (Phi) is 5.13. The van der Waals surface area contributed by atoms with Gasteiger partial charge >= 0.3 is 13.2 Å². The summed E-state index contributed by atoms with van der Waals surface area (Å²) in [7, 11) is -0.319. The number of likely N-dealkylation sites (tertiary alicyclic amines) is 1. The molecule has 0 radical (unpaired) electrons. The number of amides is 1. The summed E-state index contributed by atoms with van der Waals surface area (Å²) in [6, 6.07) is 0. The molecule has 0 saturated carbocycles. The summed E-state index contributed by atoms with van der Waals surface area (Å²) >= 11 is 0. The standard InChI is InChI=1S/C18H32BNO4/c1-13-12-20(15(21)22-16(2,3)4)10-9-14(13)11-19-23-17(5,6)18(7,8)24-19/h11,13H,9-10,12H2,1-8H3/b14-11+. The molecule has 0 aliphatic carbocycles. The second kappa shape index (κ2) is 6.38. The summed E-state index contributed by atoms with van der Waals surface area (Å²) in [6.07, 6.45) is 0.592. The van der Waals surface area contributed by atoms with Gasteiger partial charge in [-0.3, -0.25) is 0 Å². The van der Waals surface area contributed by atoms with Gasteiger partial charge in [-0.25, -0.2) is 4.79 Å². The van der Waals surface area contributed by atoms with Crippen molar-refractivity contribution in [3.05, 3.63) is 11.5 Å². The van der Waals surface area contributed by atoms with Crippen LogP contribution >= 0.6 is 0 Å². The topological polar surface area (TPSA) is 48.0 Å². The zero-order chi connectivity index (χ0) is 18.3. The molecule has 2 saturated heterocycles. The van der Waals surface area contributed by atoms with E-state index in [9.17, 15) is 4.79 Å². The predicted molar refractivity (Wildman–Crippen MR) is 95.8 cm³/mol. The number of ether oxygens (including phenoxy) is 1. The Hall–Kier alpha value is -1.01. The van der Waals surface area contributed by atoms with Crippen LogP contribution < -0.4 is 0 Å². The van der Waals surface area contributed by atoms with Crippen molar-refractivity contribution in [1.82, 2.24) is 4.90 Å². The molecule has 0 aromatic heterocycles. The van der Waals surface area contributed by atoms with Gasteiger partial charge in [0.05, 0.1) is 11.2 Å². The van der Waals surface area contributed by atoms with E-state index in [4.69, 9.17) is 14.0 Å². The van der Waals surface area contributed by atoms with E-state index in [0.717, 1.165) is 6.42 Å². The molecular formula is C18H32BNO4. The zero-order valence-electron chi connectivity index (χ0n) is 16.4. The molecule has 1 amide bonds. The summed E-state index contributed by atoms with van der Waals surface area (Å²) in [5.41, 5.74) is 0.178. The lowest BCUT2D eigenvalue weighted by Gasteiger charge is -2.34. The second-order valence-electron chi connectivity index (χ2n) is 8.94. The smallest absolute Gasteiger partial charge is 0.444 e. The minimum Gasteiger partial charge on any atom is -0.444 e. The molecule has 0 bridgehead atoms. The molecule has 1 atom stereocenters. The van der Waals surface area contributed by atoms with Crippen LogP contribution in [0, 0.1) is 5.92 Å². The van der Waals surface area contributed by atoms with Crippen LogP contribution in [0.2, 0.25) is 0 Å². The highest BCUT2D eigenvalue weighted by Crippen LogP contribution is 2.38. The average molecular weight is 337 g/mol. The number of rotatable bonds is 1. The first-order valence-corrected chi connectivity index (χ1v) is 8.85. The number of piperidine rings is 1. The van der Waals surface area contributed by atoms with Gasteiger partial charge in [0.1, 0.15) is 5.60 Å². The largest absolute Gasteiger partial charge is 0.487 e. The fraction of sp³-hybridized carbons (Fsp3) is 0.833. The number of hydrogen-bond donors (Lipinski definition) is 0. The zero-order valence-corrected chi connectivity index (χ0v) is 16.4. The van der Waals surface area contributed by atoms with Crippen LogP contribution in [-0.4, -0.2) is 48.0 Å². The molecule has 5 nitrogen and oxygen atoms in total. The molecular weight excluding hydrogens is 305 g/mol. The van der Waals surface area contributed by atoms with Crippen LogP contribution in [0.3, 0.4) is 0 Å². The summed E-state index contributed by atoms with van der Waals surface area (Å²) in [4.78, 5) is 14.0. The molecule has 2 fully saturated rings. The summed E-state index contributed by atoms with van der Waals surface area (Å²) in [5, 5.41) is 0. The van der Waals surface area contributed by atoms with E-state index in [1.54, 1.807) is 4.90 Å². The van der Waals surface area contributed by atoms with Gasteiger partial charge < -0.3 is 18.9 Å². The third kappa shape index (κ3) is 4.34. The van der Waals surface area contributed by atoms with Crippen molar-refractivity contribution in [3.63, 3.8) is 0 Å². The Bertz CT molecular complexity index is 506. The molecule has 0 aromatic carbocycles. The Morgan fingerprint density at radius 3 is 2.25 bits per heavy atom. The van der Waals surface area contributed by atoms with E-state index in [1.165, 1.54) is 5.57 Å². The monoisotopic (exact) mass is 337 g/mol. The van der Waals surface area contributed by atoms with Gasteiger partial charge in [0.15, 0.2) is 0 Å². The van der Waals surface area contributed by atoms with E-state index in [1.807, 2.05) is 20.8 Å². The molecule has 2 rings (SSSR count). The molecule has 2 aliphatic heterocycles. The number of carbonyl (C=O) groups excluding carboxylic acids is 1. The maximum absolute atomic E-state index is 12.2. The van der Waals surface area contributed by atoms with Gasteiger partial charge in [0, 0.05) is 13.1 Å². The lowest BCUT2D eigenvalue weighted by atomic mass is 9.81. The first kappa shape index (κ1) is 19.3. The molecule has 24 heavy (non-hydrogen) atoms.